The summed E-state index contributed by atoms with van der Waals surface area (Å²) in [4.78, 5) is 12.3. The zero-order valence-electron chi connectivity index (χ0n) is 15.6. The molecule has 4 rings (SSSR count). The Labute approximate surface area is 154 Å². The van der Waals surface area contributed by atoms with Gasteiger partial charge < -0.3 is 20.3 Å². The number of rotatable bonds is 4. The molecule has 1 unspecified atom stereocenters. The molecule has 0 radical (unpaired) electrons. The van der Waals surface area contributed by atoms with Gasteiger partial charge in [-0.2, -0.15) is 0 Å². The monoisotopic (exact) mass is 359 g/mol. The van der Waals surface area contributed by atoms with Crippen LogP contribution < -0.4 is 5.32 Å². The molecule has 26 heavy (non-hydrogen) atoms. The van der Waals surface area contributed by atoms with E-state index in [1.807, 2.05) is 12.1 Å². The van der Waals surface area contributed by atoms with Gasteiger partial charge in [0, 0.05) is 19.1 Å². The summed E-state index contributed by atoms with van der Waals surface area (Å²) in [6, 6.07) is 7.48. The van der Waals surface area contributed by atoms with Gasteiger partial charge in [0.05, 0.1) is 12.7 Å². The second-order valence-corrected chi connectivity index (χ2v) is 8.91. The molecule has 5 nitrogen and oxygen atoms in total. The summed E-state index contributed by atoms with van der Waals surface area (Å²) in [5.74, 6) is 1.09. The first kappa shape index (κ1) is 17.8. The van der Waals surface area contributed by atoms with E-state index in [0.717, 1.165) is 24.8 Å². The Morgan fingerprint density at radius 2 is 2.19 bits per heavy atom. The van der Waals surface area contributed by atoms with Crippen molar-refractivity contribution in [1.82, 2.24) is 5.32 Å². The summed E-state index contributed by atoms with van der Waals surface area (Å²) in [7, 11) is 0. The van der Waals surface area contributed by atoms with E-state index in [9.17, 15) is 9.90 Å². The zero-order valence-corrected chi connectivity index (χ0v) is 15.6. The fraction of sp³-hybridized carbons (Fsp3) is 0.667. The van der Waals surface area contributed by atoms with Gasteiger partial charge >= 0.3 is 0 Å². The highest BCUT2D eigenvalue weighted by atomic mass is 16.5. The van der Waals surface area contributed by atoms with Gasteiger partial charge in [-0.15, -0.1) is 0 Å². The van der Waals surface area contributed by atoms with Crippen LogP contribution in [0.1, 0.15) is 51.2 Å². The van der Waals surface area contributed by atoms with Crippen LogP contribution in [-0.2, 0) is 9.53 Å². The minimum absolute atomic E-state index is 0.0332. The lowest BCUT2D eigenvalue weighted by molar-refractivity contribution is -0.137. The molecule has 1 aliphatic heterocycles. The zero-order chi connectivity index (χ0) is 18.5. The molecule has 1 aromatic carbocycles. The van der Waals surface area contributed by atoms with Crippen LogP contribution in [0.4, 0.5) is 0 Å². The van der Waals surface area contributed by atoms with Gasteiger partial charge in [0.1, 0.15) is 5.75 Å². The molecule has 3 fully saturated rings. The minimum atomic E-state index is -0.117. The van der Waals surface area contributed by atoms with Gasteiger partial charge in [-0.25, -0.2) is 0 Å². The number of amides is 1. The first-order valence-electron chi connectivity index (χ1n) is 9.69. The molecule has 5 heteroatoms. The van der Waals surface area contributed by atoms with Crippen LogP contribution in [-0.4, -0.2) is 35.4 Å². The van der Waals surface area contributed by atoms with Crippen molar-refractivity contribution in [3.05, 3.63) is 29.8 Å². The maximum Gasteiger partial charge on any atom is 0.222 e. The Bertz CT molecular complexity index is 703. The molecule has 3 aliphatic rings. The number of phenols is 1. The van der Waals surface area contributed by atoms with Crippen molar-refractivity contribution in [2.75, 3.05) is 13.2 Å². The molecular formula is C21H29NO4. The van der Waals surface area contributed by atoms with E-state index in [1.54, 1.807) is 12.1 Å². The predicted octanol–water partition coefficient (Wildman–Crippen LogP) is 2.77. The van der Waals surface area contributed by atoms with Gasteiger partial charge in [0.2, 0.25) is 5.91 Å². The lowest BCUT2D eigenvalue weighted by Crippen LogP contribution is -2.59. The summed E-state index contributed by atoms with van der Waals surface area (Å²) in [6.45, 7) is 5.09. The van der Waals surface area contributed by atoms with Crippen molar-refractivity contribution in [3.8, 4) is 5.75 Å². The lowest BCUT2D eigenvalue weighted by atomic mass is 9.59. The van der Waals surface area contributed by atoms with Crippen LogP contribution in [0.15, 0.2) is 24.3 Å². The van der Waals surface area contributed by atoms with E-state index in [-0.39, 0.29) is 47.7 Å². The molecule has 1 heterocycles. The summed E-state index contributed by atoms with van der Waals surface area (Å²) in [5.41, 5.74) is 1.11. The van der Waals surface area contributed by atoms with Crippen LogP contribution in [0.25, 0.3) is 0 Å². The number of hydrogen-bond acceptors (Lipinski definition) is 4. The van der Waals surface area contributed by atoms with Gasteiger partial charge in [0.15, 0.2) is 0 Å². The van der Waals surface area contributed by atoms with Crippen molar-refractivity contribution < 1.29 is 19.7 Å². The third-order valence-electron chi connectivity index (χ3n) is 7.35. The fourth-order valence-electron chi connectivity index (χ4n) is 6.15. The standard InChI is InChI=1S/C21H29NO4/c1-20(2)14-11-16-18(13-4-3-5-15(24)10-13)26-9-7-21(16,12-14)19(20)22-17(25)6-8-23/h3-5,10,14,16,18-19,23-24H,6-9,11-12H2,1-2H3,(H,22,25)/t14-,16-,18-,19+,21?/m1/s1. The van der Waals surface area contributed by atoms with Crippen molar-refractivity contribution in [1.29, 1.82) is 0 Å². The van der Waals surface area contributed by atoms with Crippen molar-refractivity contribution in [2.24, 2.45) is 22.7 Å². The van der Waals surface area contributed by atoms with Crippen molar-refractivity contribution in [3.63, 3.8) is 0 Å². The quantitative estimate of drug-likeness (QED) is 0.772. The Morgan fingerprint density at radius 3 is 2.92 bits per heavy atom. The van der Waals surface area contributed by atoms with E-state index in [4.69, 9.17) is 9.84 Å². The Hall–Kier alpha value is -1.59. The SMILES string of the molecule is CC1(C)[C@@H]2C[C@@H]3[C@@H](c4cccc(O)c4)OCCC3(C2)[C@H]1NC(=O)CCO. The number of carbonyl (C=O) groups is 1. The normalized spacial score (nSPS) is 37.3. The van der Waals surface area contributed by atoms with Gasteiger partial charge in [-0.1, -0.05) is 26.0 Å². The van der Waals surface area contributed by atoms with E-state index >= 15 is 0 Å². The number of carbonyl (C=O) groups excluding carboxylic acids is 1. The summed E-state index contributed by atoms with van der Waals surface area (Å²) in [6.07, 6.45) is 3.29. The number of aliphatic hydroxyl groups excluding tert-OH is 1. The lowest BCUT2D eigenvalue weighted by Gasteiger charge is -2.53. The van der Waals surface area contributed by atoms with E-state index in [0.29, 0.717) is 18.4 Å². The van der Waals surface area contributed by atoms with Gasteiger partial charge in [-0.3, -0.25) is 4.79 Å². The van der Waals surface area contributed by atoms with E-state index in [2.05, 4.69) is 19.2 Å². The topological polar surface area (TPSA) is 78.8 Å². The highest BCUT2D eigenvalue weighted by Gasteiger charge is 2.68. The molecule has 5 atom stereocenters. The number of nitrogens with one attached hydrogen (secondary N) is 1. The fourth-order valence-corrected chi connectivity index (χ4v) is 6.15. The average molecular weight is 359 g/mol. The molecule has 0 aromatic heterocycles. The number of benzene rings is 1. The number of fused-ring (bicyclic) bond motifs is 1. The third-order valence-corrected chi connectivity index (χ3v) is 7.35. The molecule has 1 spiro atoms. The number of aliphatic hydroxyl groups is 1. The molecule has 142 valence electrons. The molecule has 3 N–H and O–H groups in total. The third kappa shape index (κ3) is 2.55. The number of hydrogen-bond donors (Lipinski definition) is 3. The molecule has 1 saturated heterocycles. The van der Waals surface area contributed by atoms with E-state index < -0.39 is 0 Å². The second kappa shape index (κ2) is 6.24. The van der Waals surface area contributed by atoms with Crippen LogP contribution in [0.2, 0.25) is 0 Å². The Kier molecular flexibility index (Phi) is 4.27. The van der Waals surface area contributed by atoms with Crippen LogP contribution in [0.3, 0.4) is 0 Å². The Morgan fingerprint density at radius 1 is 1.38 bits per heavy atom. The highest BCUT2D eigenvalue weighted by molar-refractivity contribution is 5.76. The first-order valence-corrected chi connectivity index (χ1v) is 9.69. The van der Waals surface area contributed by atoms with Crippen LogP contribution >= 0.6 is 0 Å². The number of phenolic OH excluding ortho intramolecular Hbond substituents is 1. The number of ether oxygens (including phenoxy) is 1. The molecular weight excluding hydrogens is 330 g/mol. The maximum absolute atomic E-state index is 12.3. The molecule has 2 aliphatic carbocycles. The molecule has 2 saturated carbocycles. The minimum Gasteiger partial charge on any atom is -0.508 e. The second-order valence-electron chi connectivity index (χ2n) is 8.91. The maximum atomic E-state index is 12.3. The molecule has 1 amide bonds. The van der Waals surface area contributed by atoms with Crippen molar-refractivity contribution in [2.45, 2.75) is 51.7 Å². The van der Waals surface area contributed by atoms with Crippen LogP contribution in [0, 0.1) is 22.7 Å². The van der Waals surface area contributed by atoms with Gasteiger partial charge in [0.25, 0.3) is 0 Å². The average Bonchev–Trinajstić information content (AvgIpc) is 3.08. The number of aromatic hydroxyl groups is 1. The summed E-state index contributed by atoms with van der Waals surface area (Å²) < 4.78 is 6.19. The smallest absolute Gasteiger partial charge is 0.222 e. The van der Waals surface area contributed by atoms with E-state index in [1.165, 1.54) is 0 Å². The molecule has 2 bridgehead atoms. The van der Waals surface area contributed by atoms with Gasteiger partial charge in [-0.05, 0) is 59.6 Å². The summed E-state index contributed by atoms with van der Waals surface area (Å²) in [5, 5.41) is 22.3. The molecule has 1 aromatic rings. The highest BCUT2D eigenvalue weighted by Crippen LogP contribution is 2.70. The predicted molar refractivity (Wildman–Crippen MR) is 97.5 cm³/mol. The Balaban J connectivity index is 1.67. The summed E-state index contributed by atoms with van der Waals surface area (Å²) >= 11 is 0. The largest absolute Gasteiger partial charge is 0.508 e. The van der Waals surface area contributed by atoms with Crippen LogP contribution in [0.5, 0.6) is 5.75 Å². The van der Waals surface area contributed by atoms with Crippen molar-refractivity contribution >= 4 is 5.91 Å². The first-order chi connectivity index (χ1) is 12.4.